The molecule has 2 N–H and O–H groups in total. The van der Waals surface area contributed by atoms with Crippen molar-refractivity contribution in [3.63, 3.8) is 0 Å². The summed E-state index contributed by atoms with van der Waals surface area (Å²) in [5.74, 6) is -0.0985. The van der Waals surface area contributed by atoms with Crippen molar-refractivity contribution in [2.24, 2.45) is 0 Å². The van der Waals surface area contributed by atoms with Gasteiger partial charge in [-0.3, -0.25) is 9.59 Å². The number of amides is 2. The zero-order chi connectivity index (χ0) is 22.8. The number of likely N-dealkylation sites (tertiary alicyclic amines) is 1. The van der Waals surface area contributed by atoms with Gasteiger partial charge in [-0.05, 0) is 31.9 Å². The molecule has 0 saturated carbocycles. The summed E-state index contributed by atoms with van der Waals surface area (Å²) in [6, 6.07) is 8.99. The molecule has 2 amide bonds. The highest BCUT2D eigenvalue weighted by atomic mass is 32.1. The van der Waals surface area contributed by atoms with Crippen LogP contribution < -0.4 is 5.32 Å². The number of carbonyl (C=O) groups excluding carboxylic acids is 2. The zero-order valence-electron chi connectivity index (χ0n) is 18.3. The number of thiazole rings is 1. The van der Waals surface area contributed by atoms with Crippen LogP contribution in [0.5, 0.6) is 0 Å². The normalized spacial score (nSPS) is 18.2. The standard InChI is InChI=1S/C23H26N4O4S/c1-13-8-19(31-26-13)10-21(29)27-12-18(28)9-20(27)23(30)24-11-16-4-6-17(7-5-16)22-14(2)25-15(3)32-22/h4-8,18,20,28H,9-12H2,1-3H3,(H,24,30)/t18-,20+/m1/s1. The Hall–Kier alpha value is -3.04. The van der Waals surface area contributed by atoms with E-state index in [4.69, 9.17) is 4.52 Å². The Kier molecular flexibility index (Phi) is 6.38. The van der Waals surface area contributed by atoms with Gasteiger partial charge in [-0.25, -0.2) is 4.98 Å². The first-order chi connectivity index (χ1) is 15.3. The Balaban J connectivity index is 1.37. The highest BCUT2D eigenvalue weighted by Crippen LogP contribution is 2.29. The van der Waals surface area contributed by atoms with Crippen LogP contribution in [-0.4, -0.2) is 50.7 Å². The molecule has 9 heteroatoms. The van der Waals surface area contributed by atoms with Crippen LogP contribution in [0, 0.1) is 20.8 Å². The maximum absolute atomic E-state index is 12.8. The summed E-state index contributed by atoms with van der Waals surface area (Å²) in [6.45, 7) is 6.24. The molecule has 1 aliphatic heterocycles. The maximum Gasteiger partial charge on any atom is 0.243 e. The zero-order valence-corrected chi connectivity index (χ0v) is 19.1. The molecule has 0 bridgehead atoms. The summed E-state index contributed by atoms with van der Waals surface area (Å²) in [4.78, 5) is 32.6. The molecule has 32 heavy (non-hydrogen) atoms. The molecule has 0 spiro atoms. The molecule has 0 unspecified atom stereocenters. The minimum Gasteiger partial charge on any atom is -0.391 e. The molecule has 1 aromatic carbocycles. The van der Waals surface area contributed by atoms with E-state index in [1.807, 2.05) is 38.1 Å². The molecule has 3 aromatic rings. The van der Waals surface area contributed by atoms with Gasteiger partial charge in [0.15, 0.2) is 0 Å². The highest BCUT2D eigenvalue weighted by Gasteiger charge is 2.38. The van der Waals surface area contributed by atoms with Crippen molar-refractivity contribution >= 4 is 23.2 Å². The van der Waals surface area contributed by atoms with Crippen LogP contribution in [0.25, 0.3) is 10.4 Å². The van der Waals surface area contributed by atoms with Crippen LogP contribution >= 0.6 is 11.3 Å². The van der Waals surface area contributed by atoms with Crippen molar-refractivity contribution in [3.8, 4) is 10.4 Å². The predicted octanol–water partition coefficient (Wildman–Crippen LogP) is 2.54. The van der Waals surface area contributed by atoms with Gasteiger partial charge in [0.25, 0.3) is 0 Å². The first kappa shape index (κ1) is 22.2. The average Bonchev–Trinajstić information content (AvgIpc) is 3.44. The Morgan fingerprint density at radius 2 is 2.00 bits per heavy atom. The quantitative estimate of drug-likeness (QED) is 0.593. The van der Waals surface area contributed by atoms with E-state index in [0.717, 1.165) is 26.7 Å². The number of carbonyl (C=O) groups is 2. The van der Waals surface area contributed by atoms with Gasteiger partial charge in [0.2, 0.25) is 11.8 Å². The Morgan fingerprint density at radius 3 is 2.62 bits per heavy atom. The molecule has 1 fully saturated rings. The van der Waals surface area contributed by atoms with Crippen LogP contribution in [0.2, 0.25) is 0 Å². The molecule has 2 aromatic heterocycles. The number of aliphatic hydroxyl groups is 1. The number of β-amino-alcohol motifs (C(OH)–C–C–N with tert-alkyl or cyclic N) is 1. The van der Waals surface area contributed by atoms with Gasteiger partial charge in [0.05, 0.1) is 33.8 Å². The largest absolute Gasteiger partial charge is 0.391 e. The number of aromatic nitrogens is 2. The summed E-state index contributed by atoms with van der Waals surface area (Å²) >= 11 is 1.66. The number of aryl methyl sites for hydroxylation is 3. The monoisotopic (exact) mass is 454 g/mol. The number of hydrogen-bond acceptors (Lipinski definition) is 7. The van der Waals surface area contributed by atoms with Crippen molar-refractivity contribution in [2.75, 3.05) is 6.54 Å². The topological polar surface area (TPSA) is 109 Å². The Labute approximate surface area is 190 Å². The lowest BCUT2D eigenvalue weighted by atomic mass is 10.1. The summed E-state index contributed by atoms with van der Waals surface area (Å²) in [5, 5.41) is 17.8. The molecule has 168 valence electrons. The van der Waals surface area contributed by atoms with Crippen LogP contribution in [0.15, 0.2) is 34.9 Å². The predicted molar refractivity (Wildman–Crippen MR) is 120 cm³/mol. The minimum absolute atomic E-state index is 0.00920. The van der Waals surface area contributed by atoms with Crippen molar-refractivity contribution in [3.05, 3.63) is 58.1 Å². The van der Waals surface area contributed by atoms with Gasteiger partial charge in [0, 0.05) is 25.6 Å². The molecule has 4 rings (SSSR count). The van der Waals surface area contributed by atoms with Gasteiger partial charge in [-0.1, -0.05) is 29.4 Å². The fourth-order valence-corrected chi connectivity index (χ4v) is 4.89. The first-order valence-corrected chi connectivity index (χ1v) is 11.3. The molecule has 2 atom stereocenters. The van der Waals surface area contributed by atoms with E-state index in [0.29, 0.717) is 18.0 Å². The third-order valence-electron chi connectivity index (χ3n) is 5.49. The second kappa shape index (κ2) is 9.22. The van der Waals surface area contributed by atoms with Gasteiger partial charge < -0.3 is 19.8 Å². The summed E-state index contributed by atoms with van der Waals surface area (Å²) in [5.41, 5.74) is 3.75. The summed E-state index contributed by atoms with van der Waals surface area (Å²) < 4.78 is 5.11. The van der Waals surface area contributed by atoms with Crippen LogP contribution in [0.4, 0.5) is 0 Å². The van der Waals surface area contributed by atoms with E-state index in [2.05, 4.69) is 15.5 Å². The van der Waals surface area contributed by atoms with Gasteiger partial charge in [-0.2, -0.15) is 0 Å². The lowest BCUT2D eigenvalue weighted by molar-refractivity contribution is -0.138. The van der Waals surface area contributed by atoms with E-state index in [9.17, 15) is 14.7 Å². The van der Waals surface area contributed by atoms with Crippen LogP contribution in [0.1, 0.15) is 34.1 Å². The van der Waals surface area contributed by atoms with Crippen molar-refractivity contribution in [1.29, 1.82) is 0 Å². The lowest BCUT2D eigenvalue weighted by Crippen LogP contribution is -2.46. The number of rotatable bonds is 6. The number of nitrogens with zero attached hydrogens (tertiary/aromatic N) is 3. The molecule has 1 saturated heterocycles. The van der Waals surface area contributed by atoms with Crippen molar-refractivity contribution < 1.29 is 19.2 Å². The second-order valence-electron chi connectivity index (χ2n) is 8.12. The van der Waals surface area contributed by atoms with E-state index in [1.54, 1.807) is 24.3 Å². The molecule has 1 aliphatic rings. The summed E-state index contributed by atoms with van der Waals surface area (Å²) in [6.07, 6.45) is -0.498. The number of benzene rings is 1. The van der Waals surface area contributed by atoms with Gasteiger partial charge >= 0.3 is 0 Å². The number of nitrogens with one attached hydrogen (secondary N) is 1. The van der Waals surface area contributed by atoms with E-state index >= 15 is 0 Å². The first-order valence-electron chi connectivity index (χ1n) is 10.5. The Bertz CT molecular complexity index is 1120. The van der Waals surface area contributed by atoms with E-state index in [-0.39, 0.29) is 31.2 Å². The van der Waals surface area contributed by atoms with Crippen LogP contribution in [-0.2, 0) is 22.6 Å². The van der Waals surface area contributed by atoms with Gasteiger partial charge in [-0.15, -0.1) is 11.3 Å². The fraction of sp³-hybridized carbons (Fsp3) is 0.391. The van der Waals surface area contributed by atoms with Crippen molar-refractivity contribution in [1.82, 2.24) is 20.4 Å². The maximum atomic E-state index is 12.8. The molecular weight excluding hydrogens is 428 g/mol. The van der Waals surface area contributed by atoms with E-state index in [1.165, 1.54) is 4.90 Å². The molecule has 0 radical (unpaired) electrons. The SMILES string of the molecule is Cc1cc(CC(=O)N2C[C@H](O)C[C@H]2C(=O)NCc2ccc(-c3sc(C)nc3C)cc2)on1. The van der Waals surface area contributed by atoms with E-state index < -0.39 is 12.1 Å². The number of aliphatic hydroxyl groups excluding tert-OH is 1. The highest BCUT2D eigenvalue weighted by molar-refractivity contribution is 7.15. The summed E-state index contributed by atoms with van der Waals surface area (Å²) in [7, 11) is 0. The third-order valence-corrected chi connectivity index (χ3v) is 6.61. The number of hydrogen-bond donors (Lipinski definition) is 2. The van der Waals surface area contributed by atoms with Gasteiger partial charge in [0.1, 0.15) is 11.8 Å². The smallest absolute Gasteiger partial charge is 0.243 e. The van der Waals surface area contributed by atoms with Crippen LogP contribution in [0.3, 0.4) is 0 Å². The molecule has 8 nitrogen and oxygen atoms in total. The Morgan fingerprint density at radius 1 is 1.25 bits per heavy atom. The molecule has 0 aliphatic carbocycles. The molecular formula is C23H26N4O4S. The van der Waals surface area contributed by atoms with Crippen molar-refractivity contribution in [2.45, 2.75) is 52.3 Å². The third kappa shape index (κ3) is 4.89. The minimum atomic E-state index is -0.725. The average molecular weight is 455 g/mol. The second-order valence-corrected chi connectivity index (χ2v) is 9.33. The fourth-order valence-electron chi connectivity index (χ4n) is 3.97. The lowest BCUT2D eigenvalue weighted by Gasteiger charge is -2.23. The molecule has 3 heterocycles.